The van der Waals surface area contributed by atoms with Crippen molar-refractivity contribution >= 4 is 111 Å². The number of nitro benzene ring substituents is 1. The summed E-state index contributed by atoms with van der Waals surface area (Å²) in [4.78, 5) is 80.0. The fourth-order valence-corrected chi connectivity index (χ4v) is 13.1. The largest absolute Gasteiger partial charge is 0.453 e. The molecule has 524 valence electrons. The summed E-state index contributed by atoms with van der Waals surface area (Å²) < 4.78 is 87.3. The Morgan fingerprint density at radius 2 is 1.10 bits per heavy atom. The minimum Gasteiger partial charge on any atom is -0.453 e. The standard InChI is InChI=1S/C33H28FN3O5S2.C23H19FN4O2S.C8H10.C7H4ClNO4.2CH4.O2S/c1-44(40,41)25-5-2-4-21(16-25)14-24(38)15-22-8-10-29(26(34)17-22)42-30-11-12-35-28-18-31(43-33(28)30)27-9-7-23(19-36-27)20-37-13-3-6-32(37)39;24-16-10-15(25)4-6-19(16)30-20-7-8-26-18-11-21(31-23(18)20)17-5-3-14(12-27-17)13-28-9-1-2-22(28)29;1-7-4-3-5-8(2)6-7;8-7(10)13-6-3-1-5(2-4-6)9(11)12;;;1-3-2/h2,4-5,7-12,16-19H,3,6,13-15,20H2,1H3;3-8,10-12H,1-2,9,13,25H2;3-6H,1-2H3;1-4H;2*1H4;. The summed E-state index contributed by atoms with van der Waals surface area (Å²) >= 11 is 7.09. The highest BCUT2D eigenvalue weighted by Crippen LogP contribution is 2.41. The predicted molar refractivity (Wildman–Crippen MR) is 388 cm³/mol. The van der Waals surface area contributed by atoms with E-state index in [1.807, 2.05) is 46.2 Å². The van der Waals surface area contributed by atoms with Crippen LogP contribution in [0.2, 0.25) is 0 Å². The van der Waals surface area contributed by atoms with E-state index < -0.39 is 43.4 Å². The van der Waals surface area contributed by atoms with Crippen LogP contribution < -0.4 is 19.9 Å². The number of likely N-dealkylation sites (tertiary alicyclic amines) is 2. The number of ketones is 1. The van der Waals surface area contributed by atoms with Crippen molar-refractivity contribution < 1.29 is 63.9 Å². The molecule has 28 heteroatoms. The van der Waals surface area contributed by atoms with E-state index in [0.29, 0.717) is 59.8 Å². The summed E-state index contributed by atoms with van der Waals surface area (Å²) in [5, 5.41) is 10.2. The van der Waals surface area contributed by atoms with Gasteiger partial charge in [0.05, 0.1) is 51.4 Å². The molecule has 11 aromatic rings. The van der Waals surface area contributed by atoms with Gasteiger partial charge in [-0.1, -0.05) is 80.6 Å². The molecule has 0 aliphatic carbocycles. The number of hydrogen-bond acceptors (Lipinski definition) is 20. The molecule has 2 aliphatic rings. The maximum atomic E-state index is 15.1. The number of nitrogens with zero attached hydrogens (tertiary/aromatic N) is 7. The van der Waals surface area contributed by atoms with E-state index in [0.717, 1.165) is 79.4 Å². The Hall–Kier alpha value is -10.6. The minimum atomic E-state index is -3.38. The van der Waals surface area contributed by atoms with E-state index in [4.69, 9.17) is 35.2 Å². The highest BCUT2D eigenvalue weighted by atomic mass is 35.5. The summed E-state index contributed by atoms with van der Waals surface area (Å²) in [5.74, 6) is 0.344. The highest BCUT2D eigenvalue weighted by molar-refractivity contribution is 7.90. The number of thiophene rings is 2. The zero-order valence-electron chi connectivity index (χ0n) is 53.2. The lowest BCUT2D eigenvalue weighted by atomic mass is 10.0. The summed E-state index contributed by atoms with van der Waals surface area (Å²) in [5.41, 5.74) is 13.6. The van der Waals surface area contributed by atoms with Crippen LogP contribution in [0, 0.1) is 35.6 Å². The van der Waals surface area contributed by atoms with Crippen LogP contribution in [0.1, 0.15) is 73.9 Å². The first-order valence-electron chi connectivity index (χ1n) is 30.3. The fourth-order valence-electron chi connectivity index (χ4n) is 10.3. The van der Waals surface area contributed by atoms with Crippen molar-refractivity contribution in [2.24, 2.45) is 0 Å². The van der Waals surface area contributed by atoms with E-state index in [9.17, 15) is 42.1 Å². The number of carbonyl (C=O) groups excluding carboxylic acids is 4. The summed E-state index contributed by atoms with van der Waals surface area (Å²) in [6, 6.07) is 43.5. The number of anilines is 1. The van der Waals surface area contributed by atoms with Crippen molar-refractivity contribution in [1.29, 1.82) is 0 Å². The van der Waals surface area contributed by atoms with Crippen LogP contribution in [-0.2, 0) is 61.7 Å². The molecule has 2 saturated heterocycles. The molecule has 2 N–H and O–H groups in total. The quantitative estimate of drug-likeness (QED) is 0.0383. The van der Waals surface area contributed by atoms with Crippen LogP contribution in [0.4, 0.5) is 25.0 Å². The zero-order valence-corrected chi connectivity index (χ0v) is 57.2. The Morgan fingerprint density at radius 3 is 1.51 bits per heavy atom. The van der Waals surface area contributed by atoms with E-state index >= 15 is 4.39 Å². The molecule has 0 unspecified atom stereocenters. The van der Waals surface area contributed by atoms with Crippen molar-refractivity contribution in [2.45, 2.75) is 85.2 Å². The number of rotatable bonds is 17. The number of nitrogen functional groups attached to an aromatic ring is 1. The SMILES string of the molecule is C.C.CS(=O)(=O)c1cccc(CC(=O)Cc2ccc(Oc3ccnc4cc(-c5ccc(CN6CCCC6=O)cn5)sc34)c(F)c2)c1.Cc1cccc(C)c1.Nc1ccc(Oc2ccnc3cc(-c4ccc(CN5CCCC5=O)cn4)sc23)c(F)c1.O=C(Cl)Oc1ccc([N+](=O)[O-])cc1.O=S=O. The number of halogens is 3. The van der Waals surface area contributed by atoms with Crippen LogP contribution >= 0.6 is 34.3 Å². The van der Waals surface area contributed by atoms with Gasteiger partial charge in [-0.15, -0.1) is 22.7 Å². The predicted octanol–water partition coefficient (Wildman–Crippen LogP) is 16.4. The lowest BCUT2D eigenvalue weighted by Gasteiger charge is -2.15. The van der Waals surface area contributed by atoms with Gasteiger partial charge in [-0.05, 0) is 122 Å². The second kappa shape index (κ2) is 36.5. The van der Waals surface area contributed by atoms with E-state index in [2.05, 4.69) is 62.8 Å². The number of benzene rings is 5. The van der Waals surface area contributed by atoms with Gasteiger partial charge in [-0.25, -0.2) is 22.0 Å². The number of fused-ring (bicyclic) bond motifs is 2. The molecule has 2 amide bonds. The number of pyridine rings is 4. The average Bonchev–Trinajstić information content (AvgIpc) is 1.67. The van der Waals surface area contributed by atoms with Crippen molar-refractivity contribution in [3.63, 3.8) is 0 Å². The van der Waals surface area contributed by atoms with Crippen LogP contribution in [0.3, 0.4) is 0 Å². The monoisotopic (exact) mass is 1470 g/mol. The molecule has 0 bridgehead atoms. The van der Waals surface area contributed by atoms with Gasteiger partial charge in [-0.3, -0.25) is 44.4 Å². The number of non-ortho nitro benzene ring substituents is 1. The Morgan fingerprint density at radius 1 is 0.624 bits per heavy atom. The topological polar surface area (TPSA) is 291 Å². The Labute approximate surface area is 598 Å². The number of nitrogens with two attached hydrogens (primary N) is 1. The molecule has 8 heterocycles. The van der Waals surface area contributed by atoms with Crippen LogP contribution in [-0.4, -0.2) is 93.9 Å². The Bertz CT molecular complexity index is 4890. The first-order chi connectivity index (χ1) is 47.5. The molecule has 0 atom stereocenters. The van der Waals surface area contributed by atoms with E-state index in [-0.39, 0.29) is 73.1 Å². The summed E-state index contributed by atoms with van der Waals surface area (Å²) in [7, 11) is -3.38. The number of nitro groups is 1. The maximum Gasteiger partial charge on any atom is 0.409 e. The normalized spacial score (nSPS) is 12.2. The lowest BCUT2D eigenvalue weighted by Crippen LogP contribution is -2.23. The number of amides is 2. The molecular weight excluding hydrogens is 1400 g/mol. The lowest BCUT2D eigenvalue weighted by molar-refractivity contribution is -0.384. The molecule has 0 spiro atoms. The molecule has 6 aromatic heterocycles. The summed E-state index contributed by atoms with van der Waals surface area (Å²) in [6.07, 6.45) is 11.0. The molecule has 101 heavy (non-hydrogen) atoms. The molecule has 0 radical (unpaired) electrons. The average molecular weight is 1470 g/mol. The molecule has 13 rings (SSSR count). The highest BCUT2D eigenvalue weighted by Gasteiger charge is 2.23. The van der Waals surface area contributed by atoms with Crippen molar-refractivity contribution in [3.8, 4) is 49.9 Å². The zero-order chi connectivity index (χ0) is 70.8. The van der Waals surface area contributed by atoms with Crippen LogP contribution in [0.5, 0.6) is 28.7 Å². The van der Waals surface area contributed by atoms with Crippen molar-refractivity contribution in [1.82, 2.24) is 29.7 Å². The second-order valence-electron chi connectivity index (χ2n) is 22.5. The van der Waals surface area contributed by atoms with Crippen molar-refractivity contribution in [2.75, 3.05) is 25.1 Å². The molecule has 2 aliphatic heterocycles. The molecular formula is C73H69ClF2N8O13S4. The number of Topliss-reactive ketones (excluding diaryl/α,β-unsaturated/α-hetero) is 1. The third-order valence-electron chi connectivity index (χ3n) is 14.9. The van der Waals surface area contributed by atoms with E-state index in [1.54, 1.807) is 61.2 Å². The van der Waals surface area contributed by atoms with Gasteiger partial charge in [0.1, 0.15) is 23.0 Å². The van der Waals surface area contributed by atoms with Crippen LogP contribution in [0.15, 0.2) is 187 Å². The third-order valence-corrected chi connectivity index (χ3v) is 18.4. The van der Waals surface area contributed by atoms with Gasteiger partial charge in [0, 0.05) is 131 Å². The Kier molecular flexibility index (Phi) is 28.1. The number of carbonyl (C=O) groups is 4. The fraction of sp³-hybridized carbons (Fsp3) is 0.205. The number of aryl methyl sites for hydroxylation is 2. The smallest absolute Gasteiger partial charge is 0.409 e. The van der Waals surface area contributed by atoms with Gasteiger partial charge in [-0.2, -0.15) is 8.42 Å². The Balaban J connectivity index is 0.000000216. The minimum absolute atomic E-state index is 0. The summed E-state index contributed by atoms with van der Waals surface area (Å²) in [6.45, 7) is 6.93. The molecule has 0 saturated carbocycles. The number of ether oxygens (including phenoxy) is 3. The first kappa shape index (κ1) is 77.8. The molecule has 2 fully saturated rings. The number of aromatic nitrogens is 4. The third kappa shape index (κ3) is 22.2. The van der Waals surface area contributed by atoms with Crippen LogP contribution in [0.25, 0.3) is 41.6 Å². The van der Waals surface area contributed by atoms with E-state index in [1.165, 1.54) is 94.5 Å². The van der Waals surface area contributed by atoms with Gasteiger partial charge in [0.2, 0.25) is 11.8 Å². The first-order valence-corrected chi connectivity index (χ1v) is 34.9. The van der Waals surface area contributed by atoms with Gasteiger partial charge in [0.25, 0.3) is 5.69 Å². The second-order valence-corrected chi connectivity index (χ2v) is 27.1. The number of hydrogen-bond donors (Lipinski definition) is 1. The molecule has 21 nitrogen and oxygen atoms in total. The molecule has 5 aromatic carbocycles. The van der Waals surface area contributed by atoms with Gasteiger partial charge < -0.3 is 29.7 Å². The van der Waals surface area contributed by atoms with Gasteiger partial charge in [0.15, 0.2) is 33.0 Å². The number of sulfone groups is 1. The maximum absolute atomic E-state index is 15.1. The van der Waals surface area contributed by atoms with Crippen molar-refractivity contribution in [3.05, 3.63) is 238 Å². The van der Waals surface area contributed by atoms with Gasteiger partial charge >= 0.3 is 17.0 Å².